The minimum absolute atomic E-state index is 0.259. The molecule has 1 aromatic heterocycles. The van der Waals surface area contributed by atoms with Crippen molar-refractivity contribution in [2.75, 3.05) is 5.32 Å². The van der Waals surface area contributed by atoms with E-state index < -0.39 is 11.3 Å². The Balaban J connectivity index is 1.49. The van der Waals surface area contributed by atoms with E-state index in [-0.39, 0.29) is 23.9 Å². The molecule has 2 aromatic carbocycles. The van der Waals surface area contributed by atoms with Gasteiger partial charge in [0, 0.05) is 12.1 Å². The van der Waals surface area contributed by atoms with Gasteiger partial charge in [0.1, 0.15) is 12.1 Å². The first-order chi connectivity index (χ1) is 14.9. The first kappa shape index (κ1) is 20.4. The molecule has 0 radical (unpaired) electrons. The monoisotopic (exact) mass is 419 g/mol. The van der Waals surface area contributed by atoms with Gasteiger partial charge in [-0.15, -0.1) is 5.10 Å². The van der Waals surface area contributed by atoms with Crippen LogP contribution in [0, 0.1) is 0 Å². The molecular weight excluding hydrogens is 398 g/mol. The van der Waals surface area contributed by atoms with Crippen molar-refractivity contribution in [3.8, 4) is 0 Å². The van der Waals surface area contributed by atoms with Crippen LogP contribution in [0.15, 0.2) is 53.3 Å². The Bertz CT molecular complexity index is 1230. The molecule has 0 aliphatic carbocycles. The van der Waals surface area contributed by atoms with Gasteiger partial charge >= 0.3 is 0 Å². The molecule has 31 heavy (non-hydrogen) atoms. The van der Waals surface area contributed by atoms with Gasteiger partial charge < -0.3 is 5.32 Å². The zero-order chi connectivity index (χ0) is 22.0. The van der Waals surface area contributed by atoms with Gasteiger partial charge in [0.05, 0.1) is 10.8 Å². The van der Waals surface area contributed by atoms with Gasteiger partial charge in [-0.3, -0.25) is 24.5 Å². The van der Waals surface area contributed by atoms with Crippen LogP contribution < -0.4 is 16.2 Å². The number of rotatable bonds is 5. The highest BCUT2D eigenvalue weighted by atomic mass is 16.2. The van der Waals surface area contributed by atoms with Crippen LogP contribution in [0.5, 0.6) is 0 Å². The molecule has 3 amide bonds. The van der Waals surface area contributed by atoms with E-state index in [1.165, 1.54) is 0 Å². The lowest BCUT2D eigenvalue weighted by molar-refractivity contribution is -0.138. The van der Waals surface area contributed by atoms with Gasteiger partial charge in [0.15, 0.2) is 0 Å². The Kier molecular flexibility index (Phi) is 5.33. The molecule has 1 aliphatic rings. The molecule has 2 heterocycles. The number of imide groups is 1. The van der Waals surface area contributed by atoms with E-state index in [1.807, 2.05) is 6.92 Å². The lowest BCUT2D eigenvalue weighted by atomic mass is 9.72. The molecule has 9 nitrogen and oxygen atoms in total. The number of benzene rings is 2. The molecule has 4 rings (SSSR count). The third-order valence-electron chi connectivity index (χ3n) is 5.71. The Morgan fingerprint density at radius 3 is 2.58 bits per heavy atom. The summed E-state index contributed by atoms with van der Waals surface area (Å²) in [5, 5.41) is 13.3. The van der Waals surface area contributed by atoms with Gasteiger partial charge in [0.2, 0.25) is 17.7 Å². The number of nitrogens with one attached hydrogen (secondary N) is 2. The van der Waals surface area contributed by atoms with Crippen molar-refractivity contribution in [1.82, 2.24) is 20.3 Å². The Morgan fingerprint density at radius 2 is 1.87 bits per heavy atom. The topological polar surface area (TPSA) is 123 Å². The zero-order valence-corrected chi connectivity index (χ0v) is 16.9. The summed E-state index contributed by atoms with van der Waals surface area (Å²) in [6.07, 6.45) is 1.30. The minimum Gasteiger partial charge on any atom is -0.324 e. The lowest BCUT2D eigenvalue weighted by Crippen LogP contribution is -2.51. The summed E-state index contributed by atoms with van der Waals surface area (Å²) in [6.45, 7) is 1.63. The number of amides is 3. The molecule has 1 atom stereocenters. The fourth-order valence-electron chi connectivity index (χ4n) is 3.90. The van der Waals surface area contributed by atoms with Gasteiger partial charge in [-0.05, 0) is 42.7 Å². The molecule has 158 valence electrons. The van der Waals surface area contributed by atoms with E-state index in [0.717, 1.165) is 10.2 Å². The van der Waals surface area contributed by atoms with E-state index in [9.17, 15) is 19.2 Å². The molecule has 1 saturated heterocycles. The average Bonchev–Trinajstić information content (AvgIpc) is 2.77. The second kappa shape index (κ2) is 8.10. The van der Waals surface area contributed by atoms with Crippen molar-refractivity contribution < 1.29 is 14.4 Å². The first-order valence-corrected chi connectivity index (χ1v) is 10.00. The molecule has 0 bridgehead atoms. The van der Waals surface area contributed by atoms with Crippen LogP contribution in [0.4, 0.5) is 5.69 Å². The summed E-state index contributed by atoms with van der Waals surface area (Å²) in [5.41, 5.74) is 0.630. The van der Waals surface area contributed by atoms with E-state index in [1.54, 1.807) is 48.5 Å². The summed E-state index contributed by atoms with van der Waals surface area (Å²) < 4.78 is 1.02. The molecular formula is C22H21N5O4. The summed E-state index contributed by atoms with van der Waals surface area (Å²) in [7, 11) is 0. The largest absolute Gasteiger partial charge is 0.324 e. The fraction of sp³-hybridized carbons (Fsp3) is 0.273. The Morgan fingerprint density at radius 1 is 1.13 bits per heavy atom. The Labute approximate surface area is 177 Å². The fourth-order valence-corrected chi connectivity index (χ4v) is 3.90. The number of hydrogen-bond acceptors (Lipinski definition) is 6. The van der Waals surface area contributed by atoms with Crippen LogP contribution in [0.1, 0.15) is 31.7 Å². The lowest BCUT2D eigenvalue weighted by Gasteiger charge is -2.35. The van der Waals surface area contributed by atoms with Gasteiger partial charge in [-0.2, -0.15) is 0 Å². The number of fused-ring (bicyclic) bond motifs is 1. The second-order valence-corrected chi connectivity index (χ2v) is 7.51. The Hall–Kier alpha value is -3.88. The van der Waals surface area contributed by atoms with Crippen LogP contribution >= 0.6 is 0 Å². The van der Waals surface area contributed by atoms with Crippen molar-refractivity contribution in [1.29, 1.82) is 0 Å². The molecule has 2 N–H and O–H groups in total. The smallest absolute Gasteiger partial charge is 0.278 e. The number of aromatic nitrogens is 3. The van der Waals surface area contributed by atoms with Crippen molar-refractivity contribution in [2.45, 2.75) is 38.1 Å². The molecule has 9 heteroatoms. The summed E-state index contributed by atoms with van der Waals surface area (Å²) in [6, 6.07) is 13.7. The number of nitrogens with zero attached hydrogens (tertiary/aromatic N) is 3. The van der Waals surface area contributed by atoms with Crippen molar-refractivity contribution in [3.63, 3.8) is 0 Å². The normalized spacial score (nSPS) is 18.6. The predicted octanol–water partition coefficient (Wildman–Crippen LogP) is 1.51. The van der Waals surface area contributed by atoms with E-state index in [2.05, 4.69) is 20.9 Å². The molecule has 1 fully saturated rings. The third kappa shape index (κ3) is 3.81. The van der Waals surface area contributed by atoms with Crippen molar-refractivity contribution in [3.05, 3.63) is 64.4 Å². The molecule has 3 aromatic rings. The summed E-state index contributed by atoms with van der Waals surface area (Å²) in [4.78, 5) is 48.9. The zero-order valence-electron chi connectivity index (χ0n) is 16.9. The maximum absolute atomic E-state index is 12.5. The molecule has 0 spiro atoms. The van der Waals surface area contributed by atoms with Gasteiger partial charge in [0.25, 0.3) is 5.56 Å². The third-order valence-corrected chi connectivity index (χ3v) is 5.71. The van der Waals surface area contributed by atoms with E-state index >= 15 is 0 Å². The van der Waals surface area contributed by atoms with Crippen LogP contribution in [-0.4, -0.2) is 32.7 Å². The number of piperidine rings is 1. The molecule has 1 aliphatic heterocycles. The highest BCUT2D eigenvalue weighted by Gasteiger charge is 2.42. The van der Waals surface area contributed by atoms with Crippen molar-refractivity contribution >= 4 is 34.3 Å². The van der Waals surface area contributed by atoms with E-state index in [4.69, 9.17) is 0 Å². The molecule has 0 saturated carbocycles. The highest BCUT2D eigenvalue weighted by Crippen LogP contribution is 2.36. The van der Waals surface area contributed by atoms with E-state index in [0.29, 0.717) is 35.9 Å². The quantitative estimate of drug-likeness (QED) is 0.605. The molecule has 0 unspecified atom stereocenters. The second-order valence-electron chi connectivity index (χ2n) is 7.51. The van der Waals surface area contributed by atoms with Gasteiger partial charge in [-0.25, -0.2) is 4.68 Å². The number of carbonyl (C=O) groups is 3. The van der Waals surface area contributed by atoms with Crippen LogP contribution in [0.25, 0.3) is 10.9 Å². The highest BCUT2D eigenvalue weighted by molar-refractivity contribution is 6.03. The van der Waals surface area contributed by atoms with Crippen LogP contribution in [0.3, 0.4) is 0 Å². The average molecular weight is 419 g/mol. The van der Waals surface area contributed by atoms with Crippen LogP contribution in [-0.2, 0) is 26.3 Å². The van der Waals surface area contributed by atoms with Crippen molar-refractivity contribution in [2.24, 2.45) is 0 Å². The maximum atomic E-state index is 12.5. The number of anilines is 1. The number of carbonyl (C=O) groups excluding carboxylic acids is 3. The summed E-state index contributed by atoms with van der Waals surface area (Å²) >= 11 is 0. The van der Waals surface area contributed by atoms with Gasteiger partial charge in [-0.1, -0.05) is 36.4 Å². The summed E-state index contributed by atoms with van der Waals surface area (Å²) in [5.74, 6) is -0.979. The predicted molar refractivity (Wildman–Crippen MR) is 113 cm³/mol. The van der Waals surface area contributed by atoms with Crippen LogP contribution in [0.2, 0.25) is 0 Å². The minimum atomic E-state index is -0.759. The maximum Gasteiger partial charge on any atom is 0.278 e. The SMILES string of the molecule is CC[C@]1(c2ccc(NC(=O)Cn3nnc4ccccc4c3=O)cc2)CCC(=O)NC1=O. The first-order valence-electron chi connectivity index (χ1n) is 10.00. The number of hydrogen-bond donors (Lipinski definition) is 2. The standard InChI is InChI=1S/C22H21N5O4/c1-2-22(12-11-18(28)24-21(22)31)14-7-9-15(10-8-14)23-19(29)13-27-20(30)16-5-3-4-6-17(16)25-26-27/h3-10H,2,11-13H2,1H3,(H,23,29)(H,24,28,31)/t22-/m1/s1.